The molecule has 1 rings (SSSR count). The van der Waals surface area contributed by atoms with Gasteiger partial charge in [-0.3, -0.25) is 0 Å². The van der Waals surface area contributed by atoms with E-state index in [2.05, 4.69) is 21.3 Å². The van der Waals surface area contributed by atoms with E-state index in [4.69, 9.17) is 5.11 Å². The molecule has 0 fully saturated rings. The standard InChI is InChI=1S/C14H20N2O3S/c1-3-15-20(18,19)16-12(2)14-9-7-13(8-10-14)6-4-5-11-17/h7-10,12,15-17H,3,5,11H2,1-2H3. The van der Waals surface area contributed by atoms with Crippen LogP contribution in [0, 0.1) is 11.8 Å². The average Bonchev–Trinajstić information content (AvgIpc) is 2.39. The minimum Gasteiger partial charge on any atom is -0.395 e. The van der Waals surface area contributed by atoms with Crippen LogP contribution in [0.3, 0.4) is 0 Å². The maximum Gasteiger partial charge on any atom is 0.277 e. The van der Waals surface area contributed by atoms with Gasteiger partial charge in [0, 0.05) is 24.6 Å². The third-order valence-electron chi connectivity index (χ3n) is 2.55. The highest BCUT2D eigenvalue weighted by Gasteiger charge is 2.13. The van der Waals surface area contributed by atoms with Crippen LogP contribution in [0.5, 0.6) is 0 Å². The molecule has 1 unspecified atom stereocenters. The second kappa shape index (κ2) is 8.02. The van der Waals surface area contributed by atoms with Gasteiger partial charge in [-0.05, 0) is 24.6 Å². The molecule has 0 aliphatic rings. The van der Waals surface area contributed by atoms with Crippen molar-refractivity contribution in [3.63, 3.8) is 0 Å². The molecule has 5 nitrogen and oxygen atoms in total. The van der Waals surface area contributed by atoms with E-state index in [1.165, 1.54) is 0 Å². The smallest absolute Gasteiger partial charge is 0.277 e. The van der Waals surface area contributed by atoms with Crippen LogP contribution in [0.25, 0.3) is 0 Å². The van der Waals surface area contributed by atoms with E-state index >= 15 is 0 Å². The topological polar surface area (TPSA) is 78.4 Å². The van der Waals surface area contributed by atoms with Gasteiger partial charge in [-0.15, -0.1) is 0 Å². The van der Waals surface area contributed by atoms with E-state index < -0.39 is 10.2 Å². The van der Waals surface area contributed by atoms with Crippen LogP contribution < -0.4 is 9.44 Å². The quantitative estimate of drug-likeness (QED) is 0.683. The fraction of sp³-hybridized carbons (Fsp3) is 0.429. The van der Waals surface area contributed by atoms with Crippen molar-refractivity contribution in [3.8, 4) is 11.8 Å². The number of nitrogens with one attached hydrogen (secondary N) is 2. The molecule has 20 heavy (non-hydrogen) atoms. The Morgan fingerprint density at radius 3 is 2.50 bits per heavy atom. The normalized spacial score (nSPS) is 12.6. The van der Waals surface area contributed by atoms with Crippen LogP contribution in [0.4, 0.5) is 0 Å². The van der Waals surface area contributed by atoms with Crippen LogP contribution in [-0.2, 0) is 10.2 Å². The molecule has 0 spiro atoms. The van der Waals surface area contributed by atoms with Crippen molar-refractivity contribution >= 4 is 10.2 Å². The van der Waals surface area contributed by atoms with Gasteiger partial charge in [-0.2, -0.15) is 13.1 Å². The fourth-order valence-electron chi connectivity index (χ4n) is 1.61. The highest BCUT2D eigenvalue weighted by Crippen LogP contribution is 2.13. The molecular formula is C14H20N2O3S. The Labute approximate surface area is 120 Å². The number of rotatable bonds is 6. The minimum absolute atomic E-state index is 0.0499. The zero-order chi connectivity index (χ0) is 15.0. The van der Waals surface area contributed by atoms with E-state index in [1.807, 2.05) is 24.3 Å². The van der Waals surface area contributed by atoms with Crippen LogP contribution in [0.1, 0.15) is 37.4 Å². The summed E-state index contributed by atoms with van der Waals surface area (Å²) in [5, 5.41) is 8.64. The first kappa shape index (κ1) is 16.7. The highest BCUT2D eigenvalue weighted by molar-refractivity contribution is 7.87. The molecule has 0 aromatic heterocycles. The van der Waals surface area contributed by atoms with Crippen molar-refractivity contribution in [3.05, 3.63) is 35.4 Å². The monoisotopic (exact) mass is 296 g/mol. The summed E-state index contributed by atoms with van der Waals surface area (Å²) in [7, 11) is -3.46. The number of hydrogen-bond donors (Lipinski definition) is 3. The molecule has 3 N–H and O–H groups in total. The molecule has 0 aliphatic heterocycles. The van der Waals surface area contributed by atoms with Crippen molar-refractivity contribution in [2.75, 3.05) is 13.2 Å². The molecule has 0 heterocycles. The second-order valence-electron chi connectivity index (χ2n) is 4.24. The first-order valence-electron chi connectivity index (χ1n) is 6.45. The first-order valence-corrected chi connectivity index (χ1v) is 7.93. The molecule has 0 saturated heterocycles. The first-order chi connectivity index (χ1) is 9.48. The van der Waals surface area contributed by atoms with Gasteiger partial charge in [0.2, 0.25) is 0 Å². The van der Waals surface area contributed by atoms with Crippen LogP contribution in [0.15, 0.2) is 24.3 Å². The zero-order valence-corrected chi connectivity index (χ0v) is 12.5. The van der Waals surface area contributed by atoms with E-state index in [9.17, 15) is 8.42 Å². The molecule has 1 aromatic carbocycles. The predicted octanol–water partition coefficient (Wildman–Crippen LogP) is 0.925. The maximum atomic E-state index is 11.6. The Hall–Kier alpha value is -1.39. The largest absolute Gasteiger partial charge is 0.395 e. The Morgan fingerprint density at radius 1 is 1.30 bits per heavy atom. The van der Waals surface area contributed by atoms with Gasteiger partial charge in [-0.25, -0.2) is 4.72 Å². The van der Waals surface area contributed by atoms with Crippen LogP contribution >= 0.6 is 0 Å². The van der Waals surface area contributed by atoms with E-state index in [0.717, 1.165) is 11.1 Å². The molecule has 0 saturated carbocycles. The lowest BCUT2D eigenvalue weighted by Crippen LogP contribution is -2.37. The lowest BCUT2D eigenvalue weighted by molar-refractivity contribution is 0.305. The van der Waals surface area contributed by atoms with Gasteiger partial charge in [0.25, 0.3) is 10.2 Å². The van der Waals surface area contributed by atoms with Gasteiger partial charge < -0.3 is 5.11 Å². The summed E-state index contributed by atoms with van der Waals surface area (Å²) >= 11 is 0. The molecule has 1 aromatic rings. The second-order valence-corrected chi connectivity index (χ2v) is 5.77. The predicted molar refractivity (Wildman–Crippen MR) is 79.2 cm³/mol. The summed E-state index contributed by atoms with van der Waals surface area (Å²) < 4.78 is 28.1. The van der Waals surface area contributed by atoms with E-state index in [0.29, 0.717) is 13.0 Å². The lowest BCUT2D eigenvalue weighted by Gasteiger charge is -2.14. The van der Waals surface area contributed by atoms with E-state index in [-0.39, 0.29) is 12.6 Å². The fourth-order valence-corrected chi connectivity index (χ4v) is 2.67. The molecular weight excluding hydrogens is 276 g/mol. The lowest BCUT2D eigenvalue weighted by atomic mass is 10.1. The number of aliphatic hydroxyl groups excluding tert-OH is 1. The molecule has 0 radical (unpaired) electrons. The zero-order valence-electron chi connectivity index (χ0n) is 11.7. The van der Waals surface area contributed by atoms with Gasteiger partial charge in [0.05, 0.1) is 6.61 Å². The molecule has 110 valence electrons. The van der Waals surface area contributed by atoms with Crippen molar-refractivity contribution in [2.45, 2.75) is 26.3 Å². The van der Waals surface area contributed by atoms with Gasteiger partial charge in [-0.1, -0.05) is 30.9 Å². The van der Waals surface area contributed by atoms with Crippen molar-refractivity contribution in [1.29, 1.82) is 0 Å². The van der Waals surface area contributed by atoms with Crippen LogP contribution in [0.2, 0.25) is 0 Å². The SMILES string of the molecule is CCNS(=O)(=O)NC(C)c1ccc(C#CCCO)cc1. The van der Waals surface area contributed by atoms with Crippen molar-refractivity contribution in [2.24, 2.45) is 0 Å². The summed E-state index contributed by atoms with van der Waals surface area (Å²) in [4.78, 5) is 0. The van der Waals surface area contributed by atoms with Gasteiger partial charge in [0.1, 0.15) is 0 Å². The highest BCUT2D eigenvalue weighted by atomic mass is 32.2. The third-order valence-corrected chi connectivity index (χ3v) is 3.88. The summed E-state index contributed by atoms with van der Waals surface area (Å²) in [5.41, 5.74) is 1.70. The number of aliphatic hydroxyl groups is 1. The third kappa shape index (κ3) is 5.72. The number of hydrogen-bond acceptors (Lipinski definition) is 3. The van der Waals surface area contributed by atoms with Crippen molar-refractivity contribution < 1.29 is 13.5 Å². The van der Waals surface area contributed by atoms with Gasteiger partial charge in [0.15, 0.2) is 0 Å². The summed E-state index contributed by atoms with van der Waals surface area (Å²) in [6.07, 6.45) is 0.445. The molecule has 0 amide bonds. The molecule has 6 heteroatoms. The molecule has 0 aliphatic carbocycles. The Morgan fingerprint density at radius 2 is 1.95 bits per heavy atom. The van der Waals surface area contributed by atoms with Crippen molar-refractivity contribution in [1.82, 2.24) is 9.44 Å². The Kier molecular flexibility index (Phi) is 6.68. The molecule has 1 atom stereocenters. The summed E-state index contributed by atoms with van der Waals surface area (Å²) in [6.45, 7) is 3.90. The number of benzene rings is 1. The summed E-state index contributed by atoms with van der Waals surface area (Å²) in [5.74, 6) is 5.75. The average molecular weight is 296 g/mol. The Bertz CT molecular complexity index is 571. The molecule has 0 bridgehead atoms. The maximum absolute atomic E-state index is 11.6. The van der Waals surface area contributed by atoms with Crippen LogP contribution in [-0.4, -0.2) is 26.7 Å². The minimum atomic E-state index is -3.46. The summed E-state index contributed by atoms with van der Waals surface area (Å²) in [6, 6.07) is 7.01. The Balaban J connectivity index is 2.71. The van der Waals surface area contributed by atoms with E-state index in [1.54, 1.807) is 13.8 Å². The van der Waals surface area contributed by atoms with Gasteiger partial charge >= 0.3 is 0 Å².